The number of nitrogens with zero attached hydrogens (tertiary/aromatic N) is 4. The molecule has 2 aromatic rings. The lowest BCUT2D eigenvalue weighted by Crippen LogP contribution is -2.45. The van der Waals surface area contributed by atoms with Gasteiger partial charge in [0.15, 0.2) is 5.96 Å². The number of benzene rings is 1. The highest BCUT2D eigenvalue weighted by Gasteiger charge is 2.25. The van der Waals surface area contributed by atoms with Gasteiger partial charge in [-0.15, -0.1) is 24.0 Å². The lowest BCUT2D eigenvalue weighted by molar-refractivity contribution is 0.648. The third-order valence-corrected chi connectivity index (χ3v) is 5.25. The zero-order valence-electron chi connectivity index (χ0n) is 17.2. The second-order valence-corrected chi connectivity index (χ2v) is 7.60. The van der Waals surface area contributed by atoms with Gasteiger partial charge in [-0.25, -0.2) is 4.98 Å². The number of nitrogens with one attached hydrogen (secondary N) is 2. The highest BCUT2D eigenvalue weighted by Crippen LogP contribution is 2.25. The monoisotopic (exact) mass is 528 g/mol. The number of hydrogen-bond acceptors (Lipinski definition) is 4. The van der Waals surface area contributed by atoms with Crippen LogP contribution in [0.15, 0.2) is 47.6 Å². The van der Waals surface area contributed by atoms with E-state index < -0.39 is 0 Å². The maximum absolute atomic E-state index is 6.28. The van der Waals surface area contributed by atoms with Crippen LogP contribution in [0.25, 0.3) is 0 Å². The van der Waals surface area contributed by atoms with Gasteiger partial charge >= 0.3 is 0 Å². The number of pyridine rings is 1. The average molecular weight is 529 g/mol. The second kappa shape index (κ2) is 11.4. The van der Waals surface area contributed by atoms with Crippen molar-refractivity contribution in [3.63, 3.8) is 0 Å². The molecule has 0 saturated carbocycles. The van der Waals surface area contributed by atoms with E-state index in [0.29, 0.717) is 11.1 Å². The number of aliphatic imine (C=N–C) groups is 1. The van der Waals surface area contributed by atoms with Gasteiger partial charge in [-0.2, -0.15) is 0 Å². The van der Waals surface area contributed by atoms with Crippen molar-refractivity contribution in [1.82, 2.24) is 15.6 Å². The van der Waals surface area contributed by atoms with E-state index >= 15 is 0 Å². The van der Waals surface area contributed by atoms with Crippen LogP contribution in [-0.4, -0.2) is 57.8 Å². The van der Waals surface area contributed by atoms with E-state index in [4.69, 9.17) is 11.6 Å². The molecule has 6 nitrogen and oxygen atoms in total. The molecular weight excluding hydrogens is 499 g/mol. The molecule has 2 N–H and O–H groups in total. The van der Waals surface area contributed by atoms with E-state index in [1.165, 1.54) is 11.3 Å². The van der Waals surface area contributed by atoms with Gasteiger partial charge in [-0.3, -0.25) is 4.99 Å². The summed E-state index contributed by atoms with van der Waals surface area (Å²) in [6.07, 6.45) is 3.77. The highest BCUT2D eigenvalue weighted by molar-refractivity contribution is 14.0. The molecule has 1 aromatic heterocycles. The first-order valence-corrected chi connectivity index (χ1v) is 10.0. The van der Waals surface area contributed by atoms with Crippen molar-refractivity contribution >= 4 is 53.0 Å². The van der Waals surface area contributed by atoms with Crippen LogP contribution >= 0.6 is 35.6 Å². The third kappa shape index (κ3) is 6.64. The molecule has 0 bridgehead atoms. The Kier molecular flexibility index (Phi) is 9.29. The average Bonchev–Trinajstić information content (AvgIpc) is 3.16. The van der Waals surface area contributed by atoms with Gasteiger partial charge in [0.05, 0.1) is 5.02 Å². The Bertz CT molecular complexity index is 796. The van der Waals surface area contributed by atoms with Gasteiger partial charge in [-0.1, -0.05) is 23.7 Å². The first-order chi connectivity index (χ1) is 13.6. The number of anilines is 2. The van der Waals surface area contributed by atoms with Crippen LogP contribution in [0.1, 0.15) is 12.0 Å². The summed E-state index contributed by atoms with van der Waals surface area (Å²) in [7, 11) is 5.92. The molecule has 158 valence electrons. The molecule has 2 heterocycles. The van der Waals surface area contributed by atoms with E-state index in [-0.39, 0.29) is 24.0 Å². The number of guanidine groups is 1. The molecule has 1 atom stereocenters. The van der Waals surface area contributed by atoms with Gasteiger partial charge in [0.1, 0.15) is 5.82 Å². The summed E-state index contributed by atoms with van der Waals surface area (Å²) >= 11 is 6.28. The fourth-order valence-electron chi connectivity index (χ4n) is 3.35. The first kappa shape index (κ1) is 23.5. The fraction of sp³-hybridized carbons (Fsp3) is 0.429. The van der Waals surface area contributed by atoms with Crippen LogP contribution in [-0.2, 0) is 6.42 Å². The van der Waals surface area contributed by atoms with E-state index in [1.54, 1.807) is 6.20 Å². The van der Waals surface area contributed by atoms with Gasteiger partial charge < -0.3 is 20.4 Å². The molecule has 8 heteroatoms. The smallest absolute Gasteiger partial charge is 0.191 e. The van der Waals surface area contributed by atoms with Crippen LogP contribution in [0.3, 0.4) is 0 Å². The minimum Gasteiger partial charge on any atom is -0.378 e. The molecule has 3 rings (SSSR count). The predicted octanol–water partition coefficient (Wildman–Crippen LogP) is 3.41. The highest BCUT2D eigenvalue weighted by atomic mass is 127. The van der Waals surface area contributed by atoms with Crippen molar-refractivity contribution in [3.8, 4) is 0 Å². The summed E-state index contributed by atoms with van der Waals surface area (Å²) in [5, 5.41) is 7.63. The molecule has 1 aliphatic rings. The lowest BCUT2D eigenvalue weighted by Gasteiger charge is -2.20. The number of aromatic nitrogens is 1. The first-order valence-electron chi connectivity index (χ1n) is 9.65. The normalized spacial score (nSPS) is 16.3. The lowest BCUT2D eigenvalue weighted by atomic mass is 10.1. The van der Waals surface area contributed by atoms with E-state index in [2.05, 4.69) is 68.8 Å². The maximum atomic E-state index is 6.28. The number of hydrogen-bond donors (Lipinski definition) is 2. The second-order valence-electron chi connectivity index (χ2n) is 7.19. The Morgan fingerprint density at radius 2 is 2.03 bits per heavy atom. The zero-order valence-corrected chi connectivity index (χ0v) is 20.3. The summed E-state index contributed by atoms with van der Waals surface area (Å²) < 4.78 is 0. The molecule has 0 amide bonds. The maximum Gasteiger partial charge on any atom is 0.191 e. The Morgan fingerprint density at radius 1 is 1.28 bits per heavy atom. The SMILES string of the molecule is CN=C(NCCc1ccc(N(C)C)cc1)NC1CCN(c2ncccc2Cl)C1.I. The minimum atomic E-state index is 0. The molecule has 1 saturated heterocycles. The van der Waals surface area contributed by atoms with Crippen LogP contribution in [0.5, 0.6) is 0 Å². The van der Waals surface area contributed by atoms with Crippen molar-refractivity contribution in [2.75, 3.05) is 50.6 Å². The van der Waals surface area contributed by atoms with E-state index in [0.717, 1.165) is 44.3 Å². The van der Waals surface area contributed by atoms with Crippen molar-refractivity contribution in [3.05, 3.63) is 53.2 Å². The van der Waals surface area contributed by atoms with Crippen molar-refractivity contribution in [1.29, 1.82) is 0 Å². The molecule has 0 radical (unpaired) electrons. The van der Waals surface area contributed by atoms with Crippen LogP contribution in [0.4, 0.5) is 11.5 Å². The molecule has 1 fully saturated rings. The Labute approximate surface area is 195 Å². The standard InChI is InChI=1S/C21H29ClN6.HI/c1-23-21(25-13-10-16-6-8-18(9-7-16)27(2)3)26-17-11-14-28(15-17)20-19(22)5-4-12-24-20;/h4-9,12,17H,10-11,13-15H2,1-3H3,(H2,23,25,26);1H. The minimum absolute atomic E-state index is 0. The van der Waals surface area contributed by atoms with Crippen LogP contribution in [0.2, 0.25) is 5.02 Å². The third-order valence-electron chi connectivity index (χ3n) is 4.95. The Balaban J connectivity index is 0.00000300. The van der Waals surface area contributed by atoms with Crippen molar-refractivity contribution in [2.24, 2.45) is 4.99 Å². The summed E-state index contributed by atoms with van der Waals surface area (Å²) in [6, 6.07) is 12.7. The molecule has 1 aromatic carbocycles. The summed E-state index contributed by atoms with van der Waals surface area (Å²) in [5.74, 6) is 1.70. The van der Waals surface area contributed by atoms with E-state index in [9.17, 15) is 0 Å². The van der Waals surface area contributed by atoms with Gasteiger partial charge in [0, 0.05) is 58.7 Å². The Hall–Kier alpha value is -1.74. The quantitative estimate of drug-likeness (QED) is 0.342. The summed E-state index contributed by atoms with van der Waals surface area (Å²) in [5.41, 5.74) is 2.53. The molecule has 29 heavy (non-hydrogen) atoms. The molecule has 1 aliphatic heterocycles. The number of rotatable bonds is 6. The fourth-order valence-corrected chi connectivity index (χ4v) is 3.60. The molecule has 0 aliphatic carbocycles. The van der Waals surface area contributed by atoms with Crippen LogP contribution in [0, 0.1) is 0 Å². The number of halogens is 2. The van der Waals surface area contributed by atoms with E-state index in [1.807, 2.05) is 19.2 Å². The topological polar surface area (TPSA) is 55.8 Å². The largest absolute Gasteiger partial charge is 0.378 e. The molecular formula is C21H30ClIN6. The zero-order chi connectivity index (χ0) is 19.9. The van der Waals surface area contributed by atoms with Gasteiger partial charge in [-0.05, 0) is 42.7 Å². The molecule has 0 spiro atoms. The van der Waals surface area contributed by atoms with Crippen molar-refractivity contribution in [2.45, 2.75) is 18.9 Å². The summed E-state index contributed by atoms with van der Waals surface area (Å²) in [4.78, 5) is 13.1. The predicted molar refractivity (Wildman–Crippen MR) is 134 cm³/mol. The molecule has 1 unspecified atom stereocenters. The summed E-state index contributed by atoms with van der Waals surface area (Å²) in [6.45, 7) is 2.64. The van der Waals surface area contributed by atoms with Crippen molar-refractivity contribution < 1.29 is 0 Å². The van der Waals surface area contributed by atoms with Gasteiger partial charge in [0.2, 0.25) is 0 Å². The Morgan fingerprint density at radius 3 is 2.69 bits per heavy atom. The van der Waals surface area contributed by atoms with Crippen LogP contribution < -0.4 is 20.4 Å². The van der Waals surface area contributed by atoms with Gasteiger partial charge in [0.25, 0.3) is 0 Å².